The van der Waals surface area contributed by atoms with E-state index in [1.54, 1.807) is 0 Å². The van der Waals surface area contributed by atoms with E-state index in [2.05, 4.69) is 0 Å². The van der Waals surface area contributed by atoms with Gasteiger partial charge in [0, 0.05) is 6.42 Å². The Hall–Kier alpha value is -1.24. The SMILES string of the molecule is O[C@H](Cc1cccc(C(F)(F)F)c1)C(F)(F)F. The predicted molar refractivity (Wildman–Crippen MR) is 47.2 cm³/mol. The van der Waals surface area contributed by atoms with Crippen molar-refractivity contribution >= 4 is 0 Å². The molecular formula is C10H8F6O. The van der Waals surface area contributed by atoms with Crippen LogP contribution in [0.1, 0.15) is 11.1 Å². The van der Waals surface area contributed by atoms with Crippen LogP contribution in [0, 0.1) is 0 Å². The van der Waals surface area contributed by atoms with Crippen molar-refractivity contribution in [3.63, 3.8) is 0 Å². The zero-order valence-electron chi connectivity index (χ0n) is 8.31. The summed E-state index contributed by atoms with van der Waals surface area (Å²) in [6.07, 6.45) is -13.0. The molecule has 0 bridgehead atoms. The van der Waals surface area contributed by atoms with Gasteiger partial charge in [-0.2, -0.15) is 26.3 Å². The number of benzene rings is 1. The molecular weight excluding hydrogens is 250 g/mol. The first-order valence-corrected chi connectivity index (χ1v) is 4.51. The molecule has 0 aliphatic heterocycles. The first-order chi connectivity index (χ1) is 7.60. The summed E-state index contributed by atoms with van der Waals surface area (Å²) in [4.78, 5) is 0. The molecule has 0 aliphatic carbocycles. The molecule has 1 aromatic carbocycles. The summed E-state index contributed by atoms with van der Waals surface area (Å²) >= 11 is 0. The van der Waals surface area contributed by atoms with Gasteiger partial charge in [0.2, 0.25) is 0 Å². The van der Waals surface area contributed by atoms with Gasteiger partial charge in [-0.05, 0) is 11.6 Å². The van der Waals surface area contributed by atoms with Gasteiger partial charge < -0.3 is 5.11 Å². The van der Waals surface area contributed by atoms with Crippen molar-refractivity contribution in [3.8, 4) is 0 Å². The first-order valence-electron chi connectivity index (χ1n) is 4.51. The highest BCUT2D eigenvalue weighted by atomic mass is 19.4. The van der Waals surface area contributed by atoms with Crippen LogP contribution >= 0.6 is 0 Å². The number of aliphatic hydroxyl groups excluding tert-OH is 1. The lowest BCUT2D eigenvalue weighted by molar-refractivity contribution is -0.203. The molecule has 1 aromatic rings. The molecule has 0 saturated heterocycles. The predicted octanol–water partition coefficient (Wildman–Crippen LogP) is 3.17. The van der Waals surface area contributed by atoms with E-state index in [4.69, 9.17) is 5.11 Å². The highest BCUT2D eigenvalue weighted by Gasteiger charge is 2.38. The number of hydrogen-bond donors (Lipinski definition) is 1. The lowest BCUT2D eigenvalue weighted by atomic mass is 10.0. The minimum atomic E-state index is -4.84. The number of halogens is 6. The highest BCUT2D eigenvalue weighted by Crippen LogP contribution is 2.30. The molecule has 0 heterocycles. The third-order valence-corrected chi connectivity index (χ3v) is 2.06. The first kappa shape index (κ1) is 13.8. The topological polar surface area (TPSA) is 20.2 Å². The molecule has 7 heteroatoms. The fourth-order valence-corrected chi connectivity index (χ4v) is 1.21. The van der Waals surface area contributed by atoms with Crippen LogP contribution in [0.2, 0.25) is 0 Å². The molecule has 0 amide bonds. The van der Waals surface area contributed by atoms with Crippen molar-refractivity contribution in [1.29, 1.82) is 0 Å². The van der Waals surface area contributed by atoms with Crippen LogP contribution in [-0.4, -0.2) is 17.4 Å². The molecule has 1 atom stereocenters. The lowest BCUT2D eigenvalue weighted by Gasteiger charge is -2.15. The summed E-state index contributed by atoms with van der Waals surface area (Å²) in [5, 5.41) is 8.73. The number of rotatable bonds is 2. The quantitative estimate of drug-likeness (QED) is 0.808. The monoisotopic (exact) mass is 258 g/mol. The molecule has 0 unspecified atom stereocenters. The standard InChI is InChI=1S/C10H8F6O/c11-9(12,13)7-3-1-2-6(4-7)5-8(17)10(14,15)16/h1-4,8,17H,5H2/t8-/m1/s1. The van der Waals surface area contributed by atoms with E-state index in [1.165, 1.54) is 0 Å². The lowest BCUT2D eigenvalue weighted by Crippen LogP contribution is -2.30. The van der Waals surface area contributed by atoms with Gasteiger partial charge in [0.25, 0.3) is 0 Å². The second-order valence-corrected chi connectivity index (χ2v) is 3.46. The number of aliphatic hydroxyl groups is 1. The van der Waals surface area contributed by atoms with E-state index in [9.17, 15) is 26.3 Å². The average molecular weight is 258 g/mol. The summed E-state index contributed by atoms with van der Waals surface area (Å²) in [5.41, 5.74) is -1.26. The molecule has 0 aliphatic rings. The molecule has 1 rings (SSSR count). The summed E-state index contributed by atoms with van der Waals surface area (Å²) in [6, 6.07) is 3.45. The van der Waals surface area contributed by atoms with Gasteiger partial charge in [0.15, 0.2) is 6.10 Å². The van der Waals surface area contributed by atoms with Crippen LogP contribution in [0.4, 0.5) is 26.3 Å². The van der Waals surface area contributed by atoms with E-state index in [0.717, 1.165) is 18.2 Å². The van der Waals surface area contributed by atoms with Gasteiger partial charge in [-0.3, -0.25) is 0 Å². The minimum Gasteiger partial charge on any atom is -0.383 e. The highest BCUT2D eigenvalue weighted by molar-refractivity contribution is 5.26. The Morgan fingerprint density at radius 2 is 1.65 bits per heavy atom. The van der Waals surface area contributed by atoms with Crippen LogP contribution < -0.4 is 0 Å². The minimum absolute atomic E-state index is 0.218. The molecule has 0 aromatic heterocycles. The zero-order chi connectivity index (χ0) is 13.3. The van der Waals surface area contributed by atoms with Crippen molar-refractivity contribution in [2.45, 2.75) is 24.9 Å². The third-order valence-electron chi connectivity index (χ3n) is 2.06. The molecule has 96 valence electrons. The molecule has 0 fully saturated rings. The van der Waals surface area contributed by atoms with E-state index in [-0.39, 0.29) is 5.56 Å². The Bertz CT molecular complexity index is 381. The van der Waals surface area contributed by atoms with Crippen molar-refractivity contribution in [2.24, 2.45) is 0 Å². The molecule has 17 heavy (non-hydrogen) atoms. The molecule has 0 spiro atoms. The number of hydrogen-bond acceptors (Lipinski definition) is 1. The van der Waals surface area contributed by atoms with Gasteiger partial charge in [-0.1, -0.05) is 18.2 Å². The Kier molecular flexibility index (Phi) is 3.71. The Balaban J connectivity index is 2.87. The van der Waals surface area contributed by atoms with Gasteiger partial charge in [0.1, 0.15) is 0 Å². The van der Waals surface area contributed by atoms with E-state index < -0.39 is 30.4 Å². The van der Waals surface area contributed by atoms with Crippen molar-refractivity contribution < 1.29 is 31.4 Å². The second-order valence-electron chi connectivity index (χ2n) is 3.46. The van der Waals surface area contributed by atoms with E-state index in [0.29, 0.717) is 6.07 Å². The average Bonchev–Trinajstić information content (AvgIpc) is 2.15. The largest absolute Gasteiger partial charge is 0.416 e. The van der Waals surface area contributed by atoms with Crippen LogP contribution in [0.25, 0.3) is 0 Å². The zero-order valence-corrected chi connectivity index (χ0v) is 8.31. The van der Waals surface area contributed by atoms with Crippen LogP contribution in [0.15, 0.2) is 24.3 Å². The third kappa shape index (κ3) is 3.92. The molecule has 0 radical (unpaired) electrons. The molecule has 1 N–H and O–H groups in total. The Morgan fingerprint density at radius 1 is 1.06 bits per heavy atom. The summed E-state index contributed by atoms with van der Waals surface area (Å²) in [5.74, 6) is 0. The van der Waals surface area contributed by atoms with Crippen LogP contribution in [-0.2, 0) is 12.6 Å². The van der Waals surface area contributed by atoms with E-state index >= 15 is 0 Å². The molecule has 1 nitrogen and oxygen atoms in total. The molecule has 0 saturated carbocycles. The number of alkyl halides is 6. The van der Waals surface area contributed by atoms with Crippen molar-refractivity contribution in [2.75, 3.05) is 0 Å². The van der Waals surface area contributed by atoms with Gasteiger partial charge >= 0.3 is 12.4 Å². The van der Waals surface area contributed by atoms with Crippen molar-refractivity contribution in [3.05, 3.63) is 35.4 Å². The van der Waals surface area contributed by atoms with Crippen LogP contribution in [0.3, 0.4) is 0 Å². The van der Waals surface area contributed by atoms with Gasteiger partial charge in [0.05, 0.1) is 5.56 Å². The Labute approximate surface area is 92.7 Å². The summed E-state index contributed by atoms with van der Waals surface area (Å²) in [6.45, 7) is 0. The Morgan fingerprint density at radius 3 is 2.12 bits per heavy atom. The van der Waals surface area contributed by atoms with Crippen LogP contribution in [0.5, 0.6) is 0 Å². The maximum atomic E-state index is 12.3. The summed E-state index contributed by atoms with van der Waals surface area (Å²) in [7, 11) is 0. The maximum Gasteiger partial charge on any atom is 0.416 e. The fourth-order valence-electron chi connectivity index (χ4n) is 1.21. The fraction of sp³-hybridized carbons (Fsp3) is 0.400. The van der Waals surface area contributed by atoms with Crippen molar-refractivity contribution in [1.82, 2.24) is 0 Å². The normalized spacial score (nSPS) is 14.8. The summed E-state index contributed by atoms with van der Waals surface area (Å²) < 4.78 is 72.8. The van der Waals surface area contributed by atoms with Gasteiger partial charge in [-0.25, -0.2) is 0 Å². The smallest absolute Gasteiger partial charge is 0.383 e. The second kappa shape index (κ2) is 4.56. The maximum absolute atomic E-state index is 12.3. The van der Waals surface area contributed by atoms with Gasteiger partial charge in [-0.15, -0.1) is 0 Å². The van der Waals surface area contributed by atoms with E-state index in [1.807, 2.05) is 0 Å².